The number of nitrogens with zero attached hydrogens (tertiary/aromatic N) is 8. The summed E-state index contributed by atoms with van der Waals surface area (Å²) in [6, 6.07) is 0.971. The third-order valence-electron chi connectivity index (χ3n) is 3.92. The van der Waals surface area contributed by atoms with E-state index in [-0.39, 0.29) is 0 Å². The molecular formula is C11H16N8S. The molecule has 0 aromatic carbocycles. The van der Waals surface area contributed by atoms with Crippen molar-refractivity contribution in [3.05, 3.63) is 5.82 Å². The fraction of sp³-hybridized carbons (Fsp3) is 0.818. The minimum atomic E-state index is 0.465. The molecule has 9 heteroatoms. The van der Waals surface area contributed by atoms with Crippen molar-refractivity contribution in [1.29, 1.82) is 0 Å². The van der Waals surface area contributed by atoms with Gasteiger partial charge >= 0.3 is 0 Å². The molecule has 8 nitrogen and oxygen atoms in total. The van der Waals surface area contributed by atoms with E-state index in [9.17, 15) is 0 Å². The van der Waals surface area contributed by atoms with Gasteiger partial charge in [0, 0.05) is 0 Å². The zero-order chi connectivity index (χ0) is 13.4. The minimum Gasteiger partial charge on any atom is -0.226 e. The topological polar surface area (TPSA) is 87.2 Å². The van der Waals surface area contributed by atoms with Crippen molar-refractivity contribution < 1.29 is 0 Å². The van der Waals surface area contributed by atoms with Crippen LogP contribution in [0.2, 0.25) is 0 Å². The standard InChI is InChI=1S/C11H16N8S/c1-2-4-8(3-1)19-11(13-15-17-19)20-7-10-12-14-16-18(10)9-5-6-9/h8-9H,1-7H2. The van der Waals surface area contributed by atoms with Gasteiger partial charge in [-0.25, -0.2) is 9.36 Å². The van der Waals surface area contributed by atoms with Gasteiger partial charge in [-0.1, -0.05) is 24.6 Å². The molecule has 0 N–H and O–H groups in total. The summed E-state index contributed by atoms with van der Waals surface area (Å²) >= 11 is 1.62. The van der Waals surface area contributed by atoms with Crippen LogP contribution in [0, 0.1) is 0 Å². The second-order valence-electron chi connectivity index (χ2n) is 5.40. The highest BCUT2D eigenvalue weighted by molar-refractivity contribution is 7.98. The number of aromatic nitrogens is 8. The van der Waals surface area contributed by atoms with Gasteiger partial charge < -0.3 is 0 Å². The van der Waals surface area contributed by atoms with E-state index >= 15 is 0 Å². The maximum absolute atomic E-state index is 4.14. The minimum absolute atomic E-state index is 0.465. The van der Waals surface area contributed by atoms with Crippen molar-refractivity contribution >= 4 is 11.8 Å². The van der Waals surface area contributed by atoms with Crippen molar-refractivity contribution in [3.8, 4) is 0 Å². The van der Waals surface area contributed by atoms with Crippen molar-refractivity contribution in [2.24, 2.45) is 0 Å². The Balaban J connectivity index is 1.46. The Bertz CT molecular complexity index is 583. The molecule has 0 unspecified atom stereocenters. The van der Waals surface area contributed by atoms with Gasteiger partial charge in [0.25, 0.3) is 0 Å². The fourth-order valence-electron chi connectivity index (χ4n) is 2.70. The molecule has 0 saturated heterocycles. The highest BCUT2D eigenvalue weighted by Gasteiger charge is 2.28. The molecule has 2 aromatic heterocycles. The number of rotatable bonds is 5. The molecule has 20 heavy (non-hydrogen) atoms. The molecule has 2 heterocycles. The Morgan fingerprint density at radius 2 is 1.60 bits per heavy atom. The van der Waals surface area contributed by atoms with Crippen LogP contribution >= 0.6 is 11.8 Å². The van der Waals surface area contributed by atoms with Gasteiger partial charge in [-0.3, -0.25) is 0 Å². The molecule has 4 rings (SSSR count). The SMILES string of the molecule is C1CCC(n2nnnc2SCc2nnnn2C2CC2)C1. The quantitative estimate of drug-likeness (QED) is 0.770. The van der Waals surface area contributed by atoms with E-state index < -0.39 is 0 Å². The molecule has 2 aromatic rings. The number of hydrogen-bond acceptors (Lipinski definition) is 7. The van der Waals surface area contributed by atoms with E-state index in [1.54, 1.807) is 11.8 Å². The molecule has 0 radical (unpaired) electrons. The third-order valence-corrected chi connectivity index (χ3v) is 4.85. The van der Waals surface area contributed by atoms with Crippen LogP contribution in [0.3, 0.4) is 0 Å². The van der Waals surface area contributed by atoms with E-state index in [4.69, 9.17) is 0 Å². The normalized spacial score (nSPS) is 19.8. The third kappa shape index (κ3) is 2.30. The second-order valence-corrected chi connectivity index (χ2v) is 6.35. The van der Waals surface area contributed by atoms with Gasteiger partial charge in [-0.05, 0) is 46.5 Å². The van der Waals surface area contributed by atoms with Crippen LogP contribution in [0.1, 0.15) is 56.4 Å². The zero-order valence-corrected chi connectivity index (χ0v) is 11.9. The van der Waals surface area contributed by atoms with Gasteiger partial charge in [-0.15, -0.1) is 10.2 Å². The summed E-state index contributed by atoms with van der Waals surface area (Å²) in [5.74, 6) is 1.63. The van der Waals surface area contributed by atoms with Crippen LogP contribution < -0.4 is 0 Å². The van der Waals surface area contributed by atoms with E-state index in [0.717, 1.165) is 16.7 Å². The van der Waals surface area contributed by atoms with Crippen molar-refractivity contribution in [2.45, 2.75) is 61.5 Å². The summed E-state index contributed by atoms with van der Waals surface area (Å²) in [6.45, 7) is 0. The van der Waals surface area contributed by atoms with Crippen LogP contribution in [0.4, 0.5) is 0 Å². The highest BCUT2D eigenvalue weighted by atomic mass is 32.2. The van der Waals surface area contributed by atoms with Gasteiger partial charge in [0.05, 0.1) is 17.8 Å². The molecule has 0 atom stereocenters. The Morgan fingerprint density at radius 3 is 2.40 bits per heavy atom. The lowest BCUT2D eigenvalue weighted by molar-refractivity contribution is 0.423. The molecule has 0 spiro atoms. The molecule has 2 aliphatic carbocycles. The number of tetrazole rings is 2. The van der Waals surface area contributed by atoms with Gasteiger partial charge in [-0.2, -0.15) is 0 Å². The summed E-state index contributed by atoms with van der Waals surface area (Å²) < 4.78 is 3.92. The molecule has 0 aliphatic heterocycles. The van der Waals surface area contributed by atoms with E-state index in [1.807, 2.05) is 9.36 Å². The first kappa shape index (κ1) is 12.2. The van der Waals surface area contributed by atoms with Crippen LogP contribution in [-0.4, -0.2) is 40.4 Å². The van der Waals surface area contributed by atoms with E-state index in [2.05, 4.69) is 31.1 Å². The van der Waals surface area contributed by atoms with E-state index in [1.165, 1.54) is 38.5 Å². The summed E-state index contributed by atoms with van der Waals surface area (Å²) in [7, 11) is 0. The lowest BCUT2D eigenvalue weighted by Crippen LogP contribution is -2.09. The maximum atomic E-state index is 4.14. The predicted octanol–water partition coefficient (Wildman–Crippen LogP) is 1.40. The molecular weight excluding hydrogens is 276 g/mol. The Morgan fingerprint density at radius 1 is 0.900 bits per heavy atom. The fourth-order valence-corrected chi connectivity index (χ4v) is 3.56. The highest BCUT2D eigenvalue weighted by Crippen LogP contribution is 2.36. The van der Waals surface area contributed by atoms with E-state index in [0.29, 0.717) is 12.1 Å². The first-order valence-corrected chi connectivity index (χ1v) is 8.08. The van der Waals surface area contributed by atoms with Crippen molar-refractivity contribution in [1.82, 2.24) is 40.4 Å². The predicted molar refractivity (Wildman–Crippen MR) is 71.0 cm³/mol. The molecule has 106 valence electrons. The summed E-state index contributed by atoms with van der Waals surface area (Å²) in [5.41, 5.74) is 0. The van der Waals surface area contributed by atoms with Gasteiger partial charge in [0.15, 0.2) is 5.82 Å². The summed E-state index contributed by atoms with van der Waals surface area (Å²) in [4.78, 5) is 0. The van der Waals surface area contributed by atoms with Crippen LogP contribution in [0.15, 0.2) is 5.16 Å². The van der Waals surface area contributed by atoms with Crippen LogP contribution in [0.5, 0.6) is 0 Å². The number of hydrogen-bond donors (Lipinski definition) is 0. The summed E-state index contributed by atoms with van der Waals surface area (Å²) in [5, 5.41) is 24.9. The van der Waals surface area contributed by atoms with Crippen LogP contribution in [0.25, 0.3) is 0 Å². The largest absolute Gasteiger partial charge is 0.226 e. The van der Waals surface area contributed by atoms with Gasteiger partial charge in [0.1, 0.15) is 0 Å². The Kier molecular flexibility index (Phi) is 3.13. The smallest absolute Gasteiger partial charge is 0.210 e. The average molecular weight is 292 g/mol. The molecule has 0 amide bonds. The lowest BCUT2D eigenvalue weighted by Gasteiger charge is -2.10. The maximum Gasteiger partial charge on any atom is 0.210 e. The van der Waals surface area contributed by atoms with Crippen molar-refractivity contribution in [2.75, 3.05) is 0 Å². The first-order valence-electron chi connectivity index (χ1n) is 7.09. The van der Waals surface area contributed by atoms with Crippen molar-refractivity contribution in [3.63, 3.8) is 0 Å². The average Bonchev–Trinajstić information content (AvgIpc) is 2.92. The molecule has 2 fully saturated rings. The zero-order valence-electron chi connectivity index (χ0n) is 11.1. The Hall–Kier alpha value is -1.51. The Labute approximate surface area is 120 Å². The molecule has 2 aliphatic rings. The lowest BCUT2D eigenvalue weighted by atomic mass is 10.3. The second kappa shape index (κ2) is 5.12. The monoisotopic (exact) mass is 292 g/mol. The first-order chi connectivity index (χ1) is 9.92. The molecule has 0 bridgehead atoms. The van der Waals surface area contributed by atoms with Gasteiger partial charge in [0.2, 0.25) is 5.16 Å². The summed E-state index contributed by atoms with van der Waals surface area (Å²) in [6.07, 6.45) is 7.27. The van der Waals surface area contributed by atoms with Crippen LogP contribution in [-0.2, 0) is 5.75 Å². The molecule has 2 saturated carbocycles. The number of thioether (sulfide) groups is 1.